The van der Waals surface area contributed by atoms with E-state index >= 15 is 0 Å². The van der Waals surface area contributed by atoms with Crippen LogP contribution in [0.1, 0.15) is 23.4 Å². The molecule has 0 aliphatic carbocycles. The van der Waals surface area contributed by atoms with Crippen molar-refractivity contribution in [2.75, 3.05) is 26.2 Å². The number of aryl methyl sites for hydroxylation is 1. The van der Waals surface area contributed by atoms with Crippen LogP contribution in [0.3, 0.4) is 0 Å². The third kappa shape index (κ3) is 3.62. The van der Waals surface area contributed by atoms with Gasteiger partial charge in [-0.05, 0) is 51.1 Å². The Morgan fingerprint density at radius 1 is 1.21 bits per heavy atom. The lowest BCUT2D eigenvalue weighted by atomic mass is 10.1. The van der Waals surface area contributed by atoms with Gasteiger partial charge < -0.3 is 10.2 Å². The largest absolute Gasteiger partial charge is 0.341 e. The number of carbonyl (C=O) groups excluding carboxylic acids is 1. The summed E-state index contributed by atoms with van der Waals surface area (Å²) in [4.78, 5) is 14.6. The van der Waals surface area contributed by atoms with E-state index in [9.17, 15) is 4.79 Å². The molecular formula is C18H23ClN4O. The van der Waals surface area contributed by atoms with Crippen molar-refractivity contribution in [1.29, 1.82) is 0 Å². The van der Waals surface area contributed by atoms with Crippen molar-refractivity contribution in [2.24, 2.45) is 0 Å². The highest BCUT2D eigenvalue weighted by Crippen LogP contribution is 2.20. The van der Waals surface area contributed by atoms with Gasteiger partial charge >= 0.3 is 0 Å². The van der Waals surface area contributed by atoms with E-state index in [-0.39, 0.29) is 5.91 Å². The second-order valence-corrected chi connectivity index (χ2v) is 6.64. The van der Waals surface area contributed by atoms with Gasteiger partial charge in [-0.2, -0.15) is 5.10 Å². The van der Waals surface area contributed by atoms with E-state index in [4.69, 9.17) is 11.6 Å². The molecule has 0 unspecified atom stereocenters. The summed E-state index contributed by atoms with van der Waals surface area (Å²) in [6.45, 7) is 7.44. The summed E-state index contributed by atoms with van der Waals surface area (Å²) >= 11 is 5.96. The molecule has 0 spiro atoms. The molecule has 0 saturated carbocycles. The standard InChI is InChI=1S/C18H23ClN4O/c1-13-17(12-18(24)22-10-3-8-20-9-11-22)14(2)23(21-13)16-6-4-15(19)5-7-16/h4-7,20H,3,8-12H2,1-2H3. The lowest BCUT2D eigenvalue weighted by molar-refractivity contribution is -0.130. The van der Waals surface area contributed by atoms with E-state index in [0.29, 0.717) is 11.4 Å². The lowest BCUT2D eigenvalue weighted by Gasteiger charge is -2.20. The zero-order chi connectivity index (χ0) is 17.1. The number of hydrogen-bond donors (Lipinski definition) is 1. The Balaban J connectivity index is 1.81. The Labute approximate surface area is 147 Å². The summed E-state index contributed by atoms with van der Waals surface area (Å²) in [6, 6.07) is 7.58. The number of nitrogens with zero attached hydrogens (tertiary/aromatic N) is 3. The molecule has 1 aliphatic heterocycles. The average Bonchev–Trinajstić information content (AvgIpc) is 2.78. The quantitative estimate of drug-likeness (QED) is 0.929. The van der Waals surface area contributed by atoms with Gasteiger partial charge in [-0.25, -0.2) is 4.68 Å². The molecule has 1 aromatic carbocycles. The molecule has 3 rings (SSSR count). The van der Waals surface area contributed by atoms with Gasteiger partial charge in [0, 0.05) is 35.9 Å². The smallest absolute Gasteiger partial charge is 0.227 e. The van der Waals surface area contributed by atoms with Gasteiger partial charge in [-0.1, -0.05) is 11.6 Å². The van der Waals surface area contributed by atoms with Gasteiger partial charge in [-0.15, -0.1) is 0 Å². The first kappa shape index (κ1) is 17.0. The first-order valence-electron chi connectivity index (χ1n) is 8.36. The fourth-order valence-electron chi connectivity index (χ4n) is 3.12. The van der Waals surface area contributed by atoms with E-state index in [1.54, 1.807) is 0 Å². The van der Waals surface area contributed by atoms with Crippen LogP contribution < -0.4 is 5.32 Å². The average molecular weight is 347 g/mol. The maximum atomic E-state index is 12.7. The molecule has 24 heavy (non-hydrogen) atoms. The molecule has 1 aliphatic rings. The molecule has 128 valence electrons. The predicted molar refractivity (Wildman–Crippen MR) is 95.8 cm³/mol. The van der Waals surface area contributed by atoms with Crippen molar-refractivity contribution in [3.8, 4) is 5.69 Å². The number of hydrogen-bond acceptors (Lipinski definition) is 3. The zero-order valence-corrected chi connectivity index (χ0v) is 14.9. The van der Waals surface area contributed by atoms with Crippen molar-refractivity contribution in [2.45, 2.75) is 26.7 Å². The minimum atomic E-state index is 0.181. The van der Waals surface area contributed by atoms with Gasteiger partial charge in [0.15, 0.2) is 0 Å². The Bertz CT molecular complexity index is 715. The maximum absolute atomic E-state index is 12.7. The Morgan fingerprint density at radius 2 is 1.96 bits per heavy atom. The van der Waals surface area contributed by atoms with E-state index in [1.807, 2.05) is 47.7 Å². The first-order chi connectivity index (χ1) is 11.6. The number of carbonyl (C=O) groups is 1. The molecule has 2 aromatic rings. The summed E-state index contributed by atoms with van der Waals surface area (Å²) < 4.78 is 1.89. The van der Waals surface area contributed by atoms with Gasteiger partial charge in [0.2, 0.25) is 5.91 Å². The zero-order valence-electron chi connectivity index (χ0n) is 14.2. The van der Waals surface area contributed by atoms with Crippen LogP contribution in [0.2, 0.25) is 5.02 Å². The van der Waals surface area contributed by atoms with E-state index in [0.717, 1.165) is 55.2 Å². The fraction of sp³-hybridized carbons (Fsp3) is 0.444. The maximum Gasteiger partial charge on any atom is 0.227 e. The van der Waals surface area contributed by atoms with Crippen LogP contribution in [0, 0.1) is 13.8 Å². The van der Waals surface area contributed by atoms with E-state index in [2.05, 4.69) is 10.4 Å². The second-order valence-electron chi connectivity index (χ2n) is 6.20. The monoisotopic (exact) mass is 346 g/mol. The second kappa shape index (κ2) is 7.36. The van der Waals surface area contributed by atoms with Crippen molar-refractivity contribution >= 4 is 17.5 Å². The van der Waals surface area contributed by atoms with Gasteiger partial charge in [0.1, 0.15) is 0 Å². The number of rotatable bonds is 3. The molecule has 0 radical (unpaired) electrons. The molecule has 0 bridgehead atoms. The minimum absolute atomic E-state index is 0.181. The predicted octanol–water partition coefficient (Wildman–Crippen LogP) is 2.51. The third-order valence-electron chi connectivity index (χ3n) is 4.53. The molecule has 6 heteroatoms. The highest BCUT2D eigenvalue weighted by atomic mass is 35.5. The van der Waals surface area contributed by atoms with Crippen LogP contribution in [-0.4, -0.2) is 46.8 Å². The molecule has 1 saturated heterocycles. The lowest BCUT2D eigenvalue weighted by Crippen LogP contribution is -2.35. The first-order valence-corrected chi connectivity index (χ1v) is 8.73. The SMILES string of the molecule is Cc1nn(-c2ccc(Cl)cc2)c(C)c1CC(=O)N1CCCNCC1. The van der Waals surface area contributed by atoms with Crippen LogP contribution in [-0.2, 0) is 11.2 Å². The Morgan fingerprint density at radius 3 is 2.71 bits per heavy atom. The molecular weight excluding hydrogens is 324 g/mol. The van der Waals surface area contributed by atoms with Crippen LogP contribution in [0.4, 0.5) is 0 Å². The third-order valence-corrected chi connectivity index (χ3v) is 4.79. The fourth-order valence-corrected chi connectivity index (χ4v) is 3.25. The molecule has 1 N–H and O–H groups in total. The highest BCUT2D eigenvalue weighted by Gasteiger charge is 2.20. The number of amides is 1. The summed E-state index contributed by atoms with van der Waals surface area (Å²) in [7, 11) is 0. The summed E-state index contributed by atoms with van der Waals surface area (Å²) in [6.07, 6.45) is 1.42. The van der Waals surface area contributed by atoms with Crippen LogP contribution in [0.5, 0.6) is 0 Å². The molecule has 1 amide bonds. The molecule has 1 fully saturated rings. The summed E-state index contributed by atoms with van der Waals surface area (Å²) in [5.74, 6) is 0.181. The van der Waals surface area contributed by atoms with Crippen LogP contribution in [0.15, 0.2) is 24.3 Å². The number of nitrogens with one attached hydrogen (secondary N) is 1. The molecule has 5 nitrogen and oxygen atoms in total. The van der Waals surface area contributed by atoms with Crippen molar-refractivity contribution in [1.82, 2.24) is 20.0 Å². The normalized spacial score (nSPS) is 15.4. The number of benzene rings is 1. The number of aromatic nitrogens is 2. The van der Waals surface area contributed by atoms with Crippen LogP contribution in [0.25, 0.3) is 5.69 Å². The van der Waals surface area contributed by atoms with Gasteiger partial charge in [0.25, 0.3) is 0 Å². The summed E-state index contributed by atoms with van der Waals surface area (Å²) in [5, 5.41) is 8.64. The molecule has 0 atom stereocenters. The molecule has 1 aromatic heterocycles. The van der Waals surface area contributed by atoms with Gasteiger partial charge in [-0.3, -0.25) is 4.79 Å². The van der Waals surface area contributed by atoms with Crippen molar-refractivity contribution < 1.29 is 4.79 Å². The van der Waals surface area contributed by atoms with Crippen molar-refractivity contribution in [3.05, 3.63) is 46.2 Å². The Kier molecular flexibility index (Phi) is 5.21. The highest BCUT2D eigenvalue weighted by molar-refractivity contribution is 6.30. The minimum Gasteiger partial charge on any atom is -0.341 e. The van der Waals surface area contributed by atoms with Crippen LogP contribution >= 0.6 is 11.6 Å². The molecule has 2 heterocycles. The topological polar surface area (TPSA) is 50.2 Å². The van der Waals surface area contributed by atoms with Gasteiger partial charge in [0.05, 0.1) is 17.8 Å². The number of halogens is 1. The Hall–Kier alpha value is -1.85. The van der Waals surface area contributed by atoms with Crippen molar-refractivity contribution in [3.63, 3.8) is 0 Å². The summed E-state index contributed by atoms with van der Waals surface area (Å²) in [5.41, 5.74) is 3.89. The van der Waals surface area contributed by atoms with E-state index < -0.39 is 0 Å². The van der Waals surface area contributed by atoms with E-state index in [1.165, 1.54) is 0 Å².